The first-order chi connectivity index (χ1) is 6.13. The highest BCUT2D eigenvalue weighted by Crippen LogP contribution is 2.19. The molecule has 0 atom stereocenters. The zero-order valence-electron chi connectivity index (χ0n) is 6.68. The molecule has 3 heteroatoms. The predicted octanol–water partition coefficient (Wildman–Crippen LogP) is 3.20. The van der Waals surface area contributed by atoms with E-state index < -0.39 is 0 Å². The van der Waals surface area contributed by atoms with Crippen molar-refractivity contribution in [1.29, 1.82) is 0 Å². The molecule has 0 amide bonds. The van der Waals surface area contributed by atoms with E-state index in [0.717, 1.165) is 0 Å². The van der Waals surface area contributed by atoms with Crippen LogP contribution in [0.25, 0.3) is 0 Å². The topological polar surface area (TPSA) is 17.1 Å². The summed E-state index contributed by atoms with van der Waals surface area (Å²) in [5.41, 5.74) is 0.454. The summed E-state index contributed by atoms with van der Waals surface area (Å²) in [5.74, 6) is 2.12. The zero-order chi connectivity index (χ0) is 9.84. The average molecular weight is 213 g/mol. The third-order valence-electron chi connectivity index (χ3n) is 1.45. The fourth-order valence-corrected chi connectivity index (χ4v) is 1.44. The van der Waals surface area contributed by atoms with Gasteiger partial charge in [0.2, 0.25) is 0 Å². The van der Waals surface area contributed by atoms with Crippen LogP contribution >= 0.6 is 23.2 Å². The van der Waals surface area contributed by atoms with Crippen LogP contribution in [-0.4, -0.2) is 5.78 Å². The zero-order valence-corrected chi connectivity index (χ0v) is 8.19. The van der Waals surface area contributed by atoms with Gasteiger partial charge in [0.05, 0.1) is 6.42 Å². The molecule has 0 saturated carbocycles. The molecule has 0 heterocycles. The largest absolute Gasteiger partial charge is 0.293 e. The first-order valence-electron chi connectivity index (χ1n) is 3.56. The molecule has 1 nitrogen and oxygen atoms in total. The van der Waals surface area contributed by atoms with Crippen LogP contribution in [0.3, 0.4) is 0 Å². The van der Waals surface area contributed by atoms with Crippen LogP contribution in [0.1, 0.15) is 16.8 Å². The molecular formula is C10H6Cl2O. The van der Waals surface area contributed by atoms with Gasteiger partial charge in [0, 0.05) is 15.6 Å². The van der Waals surface area contributed by atoms with Gasteiger partial charge in [0.25, 0.3) is 0 Å². The van der Waals surface area contributed by atoms with Crippen molar-refractivity contribution < 1.29 is 4.79 Å². The molecule has 0 aliphatic heterocycles. The molecule has 0 radical (unpaired) electrons. The summed E-state index contributed by atoms with van der Waals surface area (Å²) in [7, 11) is 0. The second kappa shape index (κ2) is 4.32. The van der Waals surface area contributed by atoms with Crippen LogP contribution in [0.15, 0.2) is 18.2 Å². The SMILES string of the molecule is C#CCC(=O)c1cc(Cl)cc(Cl)c1. The highest BCUT2D eigenvalue weighted by Gasteiger charge is 2.05. The molecule has 13 heavy (non-hydrogen) atoms. The number of carbonyl (C=O) groups excluding carboxylic acids is 1. The lowest BCUT2D eigenvalue weighted by atomic mass is 10.1. The van der Waals surface area contributed by atoms with Crippen molar-refractivity contribution in [1.82, 2.24) is 0 Å². The number of ketones is 1. The Morgan fingerprint density at radius 3 is 2.31 bits per heavy atom. The molecule has 0 aliphatic carbocycles. The average Bonchev–Trinajstić information content (AvgIpc) is 2.03. The number of benzene rings is 1. The number of halogens is 2. The standard InChI is InChI=1S/C10H6Cl2O/c1-2-3-10(13)7-4-8(11)6-9(12)5-7/h1,4-6H,3H2. The first-order valence-corrected chi connectivity index (χ1v) is 4.32. The van der Waals surface area contributed by atoms with Gasteiger partial charge in [0.15, 0.2) is 5.78 Å². The number of rotatable bonds is 2. The summed E-state index contributed by atoms with van der Waals surface area (Å²) in [6.45, 7) is 0. The van der Waals surface area contributed by atoms with Gasteiger partial charge in [-0.3, -0.25) is 4.79 Å². The van der Waals surface area contributed by atoms with Gasteiger partial charge < -0.3 is 0 Å². The second-order valence-electron chi connectivity index (χ2n) is 2.46. The van der Waals surface area contributed by atoms with Gasteiger partial charge in [-0.25, -0.2) is 0 Å². The molecular weight excluding hydrogens is 207 g/mol. The van der Waals surface area contributed by atoms with Crippen molar-refractivity contribution in [2.24, 2.45) is 0 Å². The second-order valence-corrected chi connectivity index (χ2v) is 3.34. The number of terminal acetylenes is 1. The Morgan fingerprint density at radius 2 is 1.85 bits per heavy atom. The maximum absolute atomic E-state index is 11.3. The number of carbonyl (C=O) groups is 1. The van der Waals surface area contributed by atoms with E-state index >= 15 is 0 Å². The van der Waals surface area contributed by atoms with E-state index in [2.05, 4.69) is 5.92 Å². The number of hydrogen-bond acceptors (Lipinski definition) is 1. The van der Waals surface area contributed by atoms with E-state index in [-0.39, 0.29) is 12.2 Å². The summed E-state index contributed by atoms with van der Waals surface area (Å²) >= 11 is 11.4. The van der Waals surface area contributed by atoms with Gasteiger partial charge in [-0.15, -0.1) is 6.42 Å². The summed E-state index contributed by atoms with van der Waals surface area (Å²) < 4.78 is 0. The molecule has 1 rings (SSSR count). The molecule has 66 valence electrons. The lowest BCUT2D eigenvalue weighted by Crippen LogP contribution is -1.96. The Hall–Kier alpha value is -0.970. The van der Waals surface area contributed by atoms with Crippen LogP contribution in [0.5, 0.6) is 0 Å². The van der Waals surface area contributed by atoms with Crippen LogP contribution in [0.2, 0.25) is 10.0 Å². The Kier molecular flexibility index (Phi) is 3.36. The van der Waals surface area contributed by atoms with E-state index in [4.69, 9.17) is 29.6 Å². The van der Waals surface area contributed by atoms with E-state index in [9.17, 15) is 4.79 Å². The van der Waals surface area contributed by atoms with Crippen LogP contribution in [0, 0.1) is 12.3 Å². The Balaban J connectivity index is 3.02. The lowest BCUT2D eigenvalue weighted by molar-refractivity contribution is 0.0998. The highest BCUT2D eigenvalue weighted by atomic mass is 35.5. The Labute approximate surface area is 86.7 Å². The minimum atomic E-state index is -0.146. The van der Waals surface area contributed by atoms with Gasteiger partial charge in [-0.05, 0) is 18.2 Å². The fourth-order valence-electron chi connectivity index (χ4n) is 0.910. The van der Waals surface area contributed by atoms with E-state index in [1.54, 1.807) is 18.2 Å². The minimum Gasteiger partial charge on any atom is -0.293 e. The summed E-state index contributed by atoms with van der Waals surface area (Å²) in [6, 6.07) is 4.66. The predicted molar refractivity (Wildman–Crippen MR) is 54.2 cm³/mol. The third kappa shape index (κ3) is 2.77. The molecule has 0 saturated heterocycles. The maximum atomic E-state index is 11.3. The van der Waals surface area contributed by atoms with Crippen molar-refractivity contribution in [3.05, 3.63) is 33.8 Å². The molecule has 0 spiro atoms. The van der Waals surface area contributed by atoms with Gasteiger partial charge in [-0.2, -0.15) is 0 Å². The molecule has 0 aliphatic rings. The quantitative estimate of drug-likeness (QED) is 0.544. The molecule has 1 aromatic carbocycles. The van der Waals surface area contributed by atoms with Crippen LogP contribution in [-0.2, 0) is 0 Å². The lowest BCUT2D eigenvalue weighted by Gasteiger charge is -1.98. The summed E-state index contributed by atoms with van der Waals surface area (Å²) in [4.78, 5) is 11.3. The Bertz CT molecular complexity index is 357. The molecule has 0 aromatic heterocycles. The molecule has 0 unspecified atom stereocenters. The van der Waals surface area contributed by atoms with Crippen LogP contribution < -0.4 is 0 Å². The van der Waals surface area contributed by atoms with Crippen molar-refractivity contribution in [2.45, 2.75) is 6.42 Å². The monoisotopic (exact) mass is 212 g/mol. The number of Topliss-reactive ketones (excluding diaryl/α,β-unsaturated/α-hetero) is 1. The van der Waals surface area contributed by atoms with Crippen molar-refractivity contribution in [2.75, 3.05) is 0 Å². The highest BCUT2D eigenvalue weighted by molar-refractivity contribution is 6.35. The van der Waals surface area contributed by atoms with E-state index in [0.29, 0.717) is 15.6 Å². The fraction of sp³-hybridized carbons (Fsp3) is 0.100. The minimum absolute atomic E-state index is 0.0661. The van der Waals surface area contributed by atoms with Crippen molar-refractivity contribution >= 4 is 29.0 Å². The van der Waals surface area contributed by atoms with E-state index in [1.807, 2.05) is 0 Å². The summed E-state index contributed by atoms with van der Waals surface area (Å²) in [5, 5.41) is 0.876. The molecule has 0 bridgehead atoms. The van der Waals surface area contributed by atoms with Crippen LogP contribution in [0.4, 0.5) is 0 Å². The van der Waals surface area contributed by atoms with E-state index in [1.165, 1.54) is 0 Å². The molecule has 1 aromatic rings. The van der Waals surface area contributed by atoms with Gasteiger partial charge in [0.1, 0.15) is 0 Å². The first kappa shape index (κ1) is 10.1. The van der Waals surface area contributed by atoms with Crippen molar-refractivity contribution in [3.63, 3.8) is 0 Å². The third-order valence-corrected chi connectivity index (χ3v) is 1.88. The molecule has 0 fully saturated rings. The maximum Gasteiger partial charge on any atom is 0.174 e. The smallest absolute Gasteiger partial charge is 0.174 e. The summed E-state index contributed by atoms with van der Waals surface area (Å²) in [6.07, 6.45) is 5.07. The van der Waals surface area contributed by atoms with Gasteiger partial charge >= 0.3 is 0 Å². The Morgan fingerprint density at radius 1 is 1.31 bits per heavy atom. The molecule has 0 N–H and O–H groups in total. The van der Waals surface area contributed by atoms with Gasteiger partial charge in [-0.1, -0.05) is 29.1 Å². The normalized spacial score (nSPS) is 9.31. The number of hydrogen-bond donors (Lipinski definition) is 0. The van der Waals surface area contributed by atoms with Crippen molar-refractivity contribution in [3.8, 4) is 12.3 Å².